The van der Waals surface area contributed by atoms with Gasteiger partial charge in [-0.25, -0.2) is 4.79 Å². The highest BCUT2D eigenvalue weighted by molar-refractivity contribution is 5.74. The number of aryl methyl sites for hydroxylation is 2. The lowest BCUT2D eigenvalue weighted by Gasteiger charge is -2.31. The zero-order valence-electron chi connectivity index (χ0n) is 13.9. The molecule has 1 fully saturated rings. The molecule has 0 atom stereocenters. The Kier molecular flexibility index (Phi) is 5.83. The van der Waals surface area contributed by atoms with Crippen LogP contribution < -0.4 is 5.32 Å². The number of carbonyl (C=O) groups is 1. The first-order chi connectivity index (χ1) is 10.5. The van der Waals surface area contributed by atoms with E-state index in [0.717, 1.165) is 44.5 Å². The summed E-state index contributed by atoms with van der Waals surface area (Å²) >= 11 is 0. The van der Waals surface area contributed by atoms with Crippen LogP contribution in [0.15, 0.2) is 0 Å². The third kappa shape index (κ3) is 4.00. The van der Waals surface area contributed by atoms with Gasteiger partial charge in [-0.3, -0.25) is 4.68 Å². The number of carbonyl (C=O) groups excluding carboxylic acids is 1. The lowest BCUT2D eigenvalue weighted by atomic mass is 9.98. The van der Waals surface area contributed by atoms with Crippen molar-refractivity contribution in [3.63, 3.8) is 0 Å². The van der Waals surface area contributed by atoms with E-state index >= 15 is 0 Å². The Morgan fingerprint density at radius 3 is 2.59 bits per heavy atom. The summed E-state index contributed by atoms with van der Waals surface area (Å²) in [6, 6.07) is 0.0241. The topological polar surface area (TPSA) is 70.4 Å². The molecule has 1 aromatic heterocycles. The van der Waals surface area contributed by atoms with Crippen LogP contribution >= 0.6 is 0 Å². The molecule has 0 aliphatic carbocycles. The van der Waals surface area contributed by atoms with Gasteiger partial charge in [0.25, 0.3) is 0 Å². The highest BCUT2D eigenvalue weighted by Gasteiger charge is 2.21. The van der Waals surface area contributed by atoms with Crippen LogP contribution in [-0.4, -0.2) is 52.1 Å². The fourth-order valence-corrected chi connectivity index (χ4v) is 3.07. The van der Waals surface area contributed by atoms with Crippen LogP contribution in [0.4, 0.5) is 4.79 Å². The first-order valence-corrected chi connectivity index (χ1v) is 8.15. The van der Waals surface area contributed by atoms with Gasteiger partial charge in [-0.05, 0) is 51.0 Å². The van der Waals surface area contributed by atoms with Gasteiger partial charge in [0, 0.05) is 39.0 Å². The molecule has 0 unspecified atom stereocenters. The van der Waals surface area contributed by atoms with Gasteiger partial charge in [0.05, 0.1) is 5.69 Å². The fraction of sp³-hybridized carbons (Fsp3) is 0.750. The van der Waals surface area contributed by atoms with Gasteiger partial charge in [0.2, 0.25) is 0 Å². The standard InChI is InChI=1S/C16H28N4O2/c1-12-15(13(2)19(3)18-12)5-4-8-17-16(22)20-9-6-14(11-21)7-10-20/h14,21H,4-11H2,1-3H3,(H,17,22). The SMILES string of the molecule is Cc1nn(C)c(C)c1CCCNC(=O)N1CCC(CO)CC1. The molecule has 2 heterocycles. The Morgan fingerprint density at radius 2 is 2.05 bits per heavy atom. The van der Waals surface area contributed by atoms with E-state index < -0.39 is 0 Å². The quantitative estimate of drug-likeness (QED) is 0.808. The molecular weight excluding hydrogens is 280 g/mol. The number of aliphatic hydroxyl groups is 1. The maximum Gasteiger partial charge on any atom is 0.317 e. The second kappa shape index (κ2) is 7.63. The van der Waals surface area contributed by atoms with Crippen molar-refractivity contribution in [2.24, 2.45) is 13.0 Å². The summed E-state index contributed by atoms with van der Waals surface area (Å²) in [4.78, 5) is 13.9. The predicted octanol–water partition coefficient (Wildman–Crippen LogP) is 1.38. The van der Waals surface area contributed by atoms with Crippen LogP contribution in [0.3, 0.4) is 0 Å². The van der Waals surface area contributed by atoms with Crippen molar-refractivity contribution in [3.8, 4) is 0 Å². The number of rotatable bonds is 5. The molecule has 0 saturated carbocycles. The molecular formula is C16H28N4O2. The third-order valence-corrected chi connectivity index (χ3v) is 4.70. The van der Waals surface area contributed by atoms with E-state index in [1.54, 1.807) is 0 Å². The largest absolute Gasteiger partial charge is 0.396 e. The van der Waals surface area contributed by atoms with Crippen LogP contribution in [0.25, 0.3) is 0 Å². The second-order valence-electron chi connectivity index (χ2n) is 6.22. The summed E-state index contributed by atoms with van der Waals surface area (Å²) in [6.45, 7) is 6.53. The molecule has 0 bridgehead atoms. The smallest absolute Gasteiger partial charge is 0.317 e. The number of aromatic nitrogens is 2. The van der Waals surface area contributed by atoms with Crippen LogP contribution in [0.5, 0.6) is 0 Å². The first-order valence-electron chi connectivity index (χ1n) is 8.15. The van der Waals surface area contributed by atoms with Gasteiger partial charge < -0.3 is 15.3 Å². The van der Waals surface area contributed by atoms with Gasteiger partial charge >= 0.3 is 6.03 Å². The number of amides is 2. The molecule has 6 heteroatoms. The van der Waals surface area contributed by atoms with Gasteiger partial charge in [0.1, 0.15) is 0 Å². The lowest BCUT2D eigenvalue weighted by Crippen LogP contribution is -2.45. The number of nitrogens with one attached hydrogen (secondary N) is 1. The number of nitrogens with zero attached hydrogens (tertiary/aromatic N) is 3. The number of piperidine rings is 1. The summed E-state index contributed by atoms with van der Waals surface area (Å²) in [5.41, 5.74) is 3.58. The molecule has 1 aliphatic heterocycles. The Balaban J connectivity index is 1.69. The van der Waals surface area contributed by atoms with E-state index in [4.69, 9.17) is 5.11 Å². The second-order valence-corrected chi connectivity index (χ2v) is 6.22. The molecule has 0 radical (unpaired) electrons. The van der Waals surface area contributed by atoms with E-state index in [1.165, 1.54) is 11.3 Å². The van der Waals surface area contributed by atoms with E-state index in [-0.39, 0.29) is 12.6 Å². The number of aliphatic hydroxyl groups excluding tert-OH is 1. The number of likely N-dealkylation sites (tertiary alicyclic amines) is 1. The first kappa shape index (κ1) is 16.8. The Labute approximate surface area is 132 Å². The average Bonchev–Trinajstić information content (AvgIpc) is 2.77. The van der Waals surface area contributed by atoms with Crippen molar-refractivity contribution in [2.75, 3.05) is 26.2 Å². The van der Waals surface area contributed by atoms with E-state index in [9.17, 15) is 4.79 Å². The van der Waals surface area contributed by atoms with Crippen molar-refractivity contribution in [3.05, 3.63) is 17.0 Å². The van der Waals surface area contributed by atoms with Crippen molar-refractivity contribution in [1.29, 1.82) is 0 Å². The summed E-state index contributed by atoms with van der Waals surface area (Å²) in [5.74, 6) is 0.362. The summed E-state index contributed by atoms with van der Waals surface area (Å²) in [5, 5.41) is 16.5. The maximum atomic E-state index is 12.1. The number of hydrogen-bond donors (Lipinski definition) is 2. The highest BCUT2D eigenvalue weighted by Crippen LogP contribution is 2.16. The molecule has 22 heavy (non-hydrogen) atoms. The van der Waals surface area contributed by atoms with Gasteiger partial charge in [-0.1, -0.05) is 0 Å². The summed E-state index contributed by atoms with van der Waals surface area (Å²) in [7, 11) is 1.96. The van der Waals surface area contributed by atoms with Crippen LogP contribution in [0.2, 0.25) is 0 Å². The molecule has 1 aliphatic rings. The monoisotopic (exact) mass is 308 g/mol. The van der Waals surface area contributed by atoms with Crippen molar-refractivity contribution in [2.45, 2.75) is 39.5 Å². The van der Waals surface area contributed by atoms with E-state index in [0.29, 0.717) is 12.5 Å². The predicted molar refractivity (Wildman–Crippen MR) is 85.8 cm³/mol. The highest BCUT2D eigenvalue weighted by atomic mass is 16.3. The lowest BCUT2D eigenvalue weighted by molar-refractivity contribution is 0.137. The van der Waals surface area contributed by atoms with Gasteiger partial charge in [-0.2, -0.15) is 5.10 Å². The maximum absolute atomic E-state index is 12.1. The third-order valence-electron chi connectivity index (χ3n) is 4.70. The minimum Gasteiger partial charge on any atom is -0.396 e. The minimum atomic E-state index is 0.0241. The molecule has 2 N–H and O–H groups in total. The summed E-state index contributed by atoms with van der Waals surface area (Å²) in [6.07, 6.45) is 3.67. The molecule has 0 spiro atoms. The molecule has 0 aromatic carbocycles. The van der Waals surface area contributed by atoms with Crippen molar-refractivity contribution >= 4 is 6.03 Å². The van der Waals surface area contributed by atoms with Gasteiger partial charge in [0.15, 0.2) is 0 Å². The van der Waals surface area contributed by atoms with Gasteiger partial charge in [-0.15, -0.1) is 0 Å². The minimum absolute atomic E-state index is 0.0241. The average molecular weight is 308 g/mol. The fourth-order valence-electron chi connectivity index (χ4n) is 3.07. The molecule has 124 valence electrons. The zero-order valence-corrected chi connectivity index (χ0v) is 13.9. The normalized spacial score (nSPS) is 16.1. The van der Waals surface area contributed by atoms with Crippen LogP contribution in [0, 0.1) is 19.8 Å². The molecule has 2 amide bonds. The van der Waals surface area contributed by atoms with Crippen LogP contribution in [0.1, 0.15) is 36.2 Å². The number of hydrogen-bond acceptors (Lipinski definition) is 3. The number of urea groups is 1. The molecule has 1 saturated heterocycles. The van der Waals surface area contributed by atoms with Crippen LogP contribution in [-0.2, 0) is 13.5 Å². The molecule has 1 aromatic rings. The summed E-state index contributed by atoms with van der Waals surface area (Å²) < 4.78 is 1.91. The Morgan fingerprint density at radius 1 is 1.36 bits per heavy atom. The van der Waals surface area contributed by atoms with E-state index in [2.05, 4.69) is 17.3 Å². The van der Waals surface area contributed by atoms with E-state index in [1.807, 2.05) is 23.6 Å². The molecule has 6 nitrogen and oxygen atoms in total. The zero-order chi connectivity index (χ0) is 16.1. The molecule has 2 rings (SSSR count). The van der Waals surface area contributed by atoms with Crippen molar-refractivity contribution in [1.82, 2.24) is 20.0 Å². The Hall–Kier alpha value is -1.56. The Bertz CT molecular complexity index is 504. The van der Waals surface area contributed by atoms with Crippen molar-refractivity contribution < 1.29 is 9.90 Å².